The summed E-state index contributed by atoms with van der Waals surface area (Å²) >= 11 is 5.81. The average Bonchev–Trinajstić information content (AvgIpc) is 2.40. The Balaban J connectivity index is 2.16. The molecule has 102 valence electrons. The van der Waals surface area contributed by atoms with E-state index in [1.165, 1.54) is 22.5 Å². The number of carbonyl (C=O) groups excluding carboxylic acids is 1. The lowest BCUT2D eigenvalue weighted by Gasteiger charge is -2.28. The second-order valence-electron chi connectivity index (χ2n) is 4.31. The van der Waals surface area contributed by atoms with Gasteiger partial charge in [0.15, 0.2) is 0 Å². The fourth-order valence-electron chi connectivity index (χ4n) is 2.06. The molecule has 0 radical (unpaired) electrons. The molecule has 0 aliphatic carbocycles. The van der Waals surface area contributed by atoms with Crippen molar-refractivity contribution < 1.29 is 13.2 Å². The van der Waals surface area contributed by atoms with E-state index in [0.29, 0.717) is 31.0 Å². The van der Waals surface area contributed by atoms with Crippen LogP contribution in [0.2, 0.25) is 5.02 Å². The van der Waals surface area contributed by atoms with Gasteiger partial charge in [0.2, 0.25) is 16.1 Å². The minimum absolute atomic E-state index is 0.122. The van der Waals surface area contributed by atoms with Crippen LogP contribution in [0, 0.1) is 0 Å². The van der Waals surface area contributed by atoms with E-state index >= 15 is 0 Å². The quantitative estimate of drug-likeness (QED) is 0.632. The monoisotopic (exact) mass is 300 g/mol. The van der Waals surface area contributed by atoms with E-state index < -0.39 is 10.0 Å². The van der Waals surface area contributed by atoms with E-state index in [9.17, 15) is 13.2 Å². The molecule has 1 aliphatic heterocycles. The minimum atomic E-state index is -3.51. The van der Waals surface area contributed by atoms with E-state index in [1.807, 2.05) is 0 Å². The Morgan fingerprint density at radius 1 is 1.32 bits per heavy atom. The maximum atomic E-state index is 12.4. The van der Waals surface area contributed by atoms with Crippen LogP contribution < -0.4 is 0 Å². The Kier molecular flexibility index (Phi) is 4.37. The van der Waals surface area contributed by atoms with Crippen LogP contribution in [0.3, 0.4) is 0 Å². The van der Waals surface area contributed by atoms with Gasteiger partial charge in [0, 0.05) is 18.1 Å². The summed E-state index contributed by atoms with van der Waals surface area (Å²) in [6, 6.07) is 6.08. The van der Waals surface area contributed by atoms with Crippen molar-refractivity contribution in [1.29, 1.82) is 0 Å². The van der Waals surface area contributed by atoms with Crippen LogP contribution in [0.4, 0.5) is 0 Å². The molecule has 1 aromatic carbocycles. The predicted molar refractivity (Wildman–Crippen MR) is 71.4 cm³/mol. The molecule has 0 saturated carbocycles. The molecule has 0 unspecified atom stereocenters. The molecule has 1 fully saturated rings. The lowest BCUT2D eigenvalue weighted by molar-refractivity contribution is 0.320. The number of nitrogens with zero attached hydrogens (tertiary/aromatic N) is 2. The predicted octanol–water partition coefficient (Wildman–Crippen LogP) is 1.83. The molecule has 0 bridgehead atoms. The molecule has 1 aliphatic rings. The van der Waals surface area contributed by atoms with E-state index in [0.717, 1.165) is 0 Å². The molecule has 19 heavy (non-hydrogen) atoms. The number of benzene rings is 1. The lowest BCUT2D eigenvalue weighted by Crippen LogP contribution is -2.39. The fourth-order valence-corrected chi connectivity index (χ4v) is 3.83. The lowest BCUT2D eigenvalue weighted by atomic mass is 10.1. The van der Waals surface area contributed by atoms with Crippen molar-refractivity contribution in [2.24, 2.45) is 4.99 Å². The second kappa shape index (κ2) is 5.84. The molecule has 0 N–H and O–H groups in total. The van der Waals surface area contributed by atoms with Crippen molar-refractivity contribution in [3.63, 3.8) is 0 Å². The van der Waals surface area contributed by atoms with Gasteiger partial charge in [0.1, 0.15) is 0 Å². The van der Waals surface area contributed by atoms with E-state index in [2.05, 4.69) is 4.99 Å². The Bertz CT molecular complexity index is 603. The Morgan fingerprint density at radius 3 is 2.58 bits per heavy atom. The van der Waals surface area contributed by atoms with Crippen molar-refractivity contribution in [3.05, 3.63) is 29.3 Å². The maximum Gasteiger partial charge on any atom is 0.243 e. The van der Waals surface area contributed by atoms with Crippen LogP contribution in [0.1, 0.15) is 12.8 Å². The number of hydrogen-bond acceptors (Lipinski definition) is 4. The van der Waals surface area contributed by atoms with E-state index in [1.54, 1.807) is 12.1 Å². The van der Waals surface area contributed by atoms with Gasteiger partial charge in [-0.25, -0.2) is 18.2 Å². The van der Waals surface area contributed by atoms with Gasteiger partial charge in [0.05, 0.1) is 10.9 Å². The highest BCUT2D eigenvalue weighted by molar-refractivity contribution is 7.89. The first kappa shape index (κ1) is 14.2. The molecule has 0 atom stereocenters. The van der Waals surface area contributed by atoms with Gasteiger partial charge >= 0.3 is 0 Å². The van der Waals surface area contributed by atoms with E-state index in [-0.39, 0.29) is 10.9 Å². The number of rotatable bonds is 3. The number of hydrogen-bond donors (Lipinski definition) is 0. The summed E-state index contributed by atoms with van der Waals surface area (Å²) in [5, 5.41) is 0.390. The zero-order valence-electron chi connectivity index (χ0n) is 10.1. The van der Waals surface area contributed by atoms with Gasteiger partial charge in [-0.2, -0.15) is 4.31 Å². The van der Waals surface area contributed by atoms with Crippen molar-refractivity contribution >= 4 is 27.7 Å². The molecule has 7 heteroatoms. The smallest absolute Gasteiger partial charge is 0.211 e. The summed E-state index contributed by atoms with van der Waals surface area (Å²) in [5.74, 6) is 0. The Morgan fingerprint density at radius 2 is 2.00 bits per heavy atom. The molecule has 1 saturated heterocycles. The highest BCUT2D eigenvalue weighted by atomic mass is 35.5. The first-order valence-electron chi connectivity index (χ1n) is 5.87. The van der Waals surface area contributed by atoms with Crippen LogP contribution in [-0.4, -0.2) is 37.9 Å². The van der Waals surface area contributed by atoms with Gasteiger partial charge < -0.3 is 0 Å². The molecular formula is C12H13ClN2O3S. The number of aliphatic imine (C=N–C) groups is 1. The number of sulfonamides is 1. The zero-order chi connectivity index (χ0) is 13.9. The van der Waals surface area contributed by atoms with Gasteiger partial charge in [0.25, 0.3) is 0 Å². The fraction of sp³-hybridized carbons (Fsp3) is 0.417. The number of piperidine rings is 1. The third kappa shape index (κ3) is 3.22. The maximum absolute atomic E-state index is 12.4. The Hall–Kier alpha value is -1.20. The molecule has 1 heterocycles. The van der Waals surface area contributed by atoms with Crippen LogP contribution in [-0.2, 0) is 14.8 Å². The standard InChI is InChI=1S/C12H13ClN2O3S/c13-10-2-1-3-12(8-10)19(17,18)15-6-4-11(5-7-15)14-9-16/h1-3,8,11H,4-7H2. The van der Waals surface area contributed by atoms with Crippen LogP contribution in [0.5, 0.6) is 0 Å². The summed E-state index contributed by atoms with van der Waals surface area (Å²) < 4.78 is 26.1. The topological polar surface area (TPSA) is 66.8 Å². The van der Waals surface area contributed by atoms with Crippen molar-refractivity contribution in [2.75, 3.05) is 13.1 Å². The number of isocyanates is 1. The summed E-state index contributed by atoms with van der Waals surface area (Å²) in [6.45, 7) is 0.704. The largest absolute Gasteiger partial charge is 0.243 e. The van der Waals surface area contributed by atoms with Crippen molar-refractivity contribution in [2.45, 2.75) is 23.8 Å². The van der Waals surface area contributed by atoms with Crippen LogP contribution >= 0.6 is 11.6 Å². The molecule has 0 amide bonds. The first-order chi connectivity index (χ1) is 9.04. The van der Waals surface area contributed by atoms with Gasteiger partial charge in [-0.15, -0.1) is 0 Å². The molecular weight excluding hydrogens is 288 g/mol. The summed E-state index contributed by atoms with van der Waals surface area (Å²) in [6.07, 6.45) is 2.59. The highest BCUT2D eigenvalue weighted by Gasteiger charge is 2.29. The molecule has 0 aromatic heterocycles. The summed E-state index contributed by atoms with van der Waals surface area (Å²) in [7, 11) is -3.51. The number of halogens is 1. The second-order valence-corrected chi connectivity index (χ2v) is 6.69. The van der Waals surface area contributed by atoms with Gasteiger partial charge in [-0.05, 0) is 31.0 Å². The van der Waals surface area contributed by atoms with Crippen LogP contribution in [0.15, 0.2) is 34.2 Å². The highest BCUT2D eigenvalue weighted by Crippen LogP contribution is 2.23. The summed E-state index contributed by atoms with van der Waals surface area (Å²) in [5.41, 5.74) is 0. The minimum Gasteiger partial charge on any atom is -0.211 e. The molecule has 2 rings (SSSR count). The third-order valence-electron chi connectivity index (χ3n) is 3.09. The summed E-state index contributed by atoms with van der Waals surface area (Å²) in [4.78, 5) is 14.0. The van der Waals surface area contributed by atoms with Crippen molar-refractivity contribution in [3.8, 4) is 0 Å². The normalized spacial score (nSPS) is 17.9. The van der Waals surface area contributed by atoms with Crippen LogP contribution in [0.25, 0.3) is 0 Å². The molecule has 0 spiro atoms. The average molecular weight is 301 g/mol. The molecule has 1 aromatic rings. The van der Waals surface area contributed by atoms with Gasteiger partial charge in [-0.3, -0.25) is 0 Å². The third-order valence-corrected chi connectivity index (χ3v) is 5.22. The zero-order valence-corrected chi connectivity index (χ0v) is 11.7. The van der Waals surface area contributed by atoms with Gasteiger partial charge in [-0.1, -0.05) is 17.7 Å². The van der Waals surface area contributed by atoms with Crippen molar-refractivity contribution in [1.82, 2.24) is 4.31 Å². The Labute approximate surface area is 116 Å². The first-order valence-corrected chi connectivity index (χ1v) is 7.68. The van der Waals surface area contributed by atoms with E-state index in [4.69, 9.17) is 11.6 Å². The molecule has 5 nitrogen and oxygen atoms in total. The SMILES string of the molecule is O=C=NC1CCN(S(=O)(=O)c2cccc(Cl)c2)CC1.